The van der Waals surface area contributed by atoms with Crippen LogP contribution in [0.2, 0.25) is 0 Å². The van der Waals surface area contributed by atoms with Crippen LogP contribution in [0.5, 0.6) is 0 Å². The van der Waals surface area contributed by atoms with Crippen LogP contribution in [-0.2, 0) is 17.0 Å². The van der Waals surface area contributed by atoms with Crippen molar-refractivity contribution in [3.8, 4) is 0 Å². The molecule has 8 heteroatoms. The fourth-order valence-electron chi connectivity index (χ4n) is 3.84. The van der Waals surface area contributed by atoms with Gasteiger partial charge in [0.05, 0.1) is 12.6 Å². The Morgan fingerprint density at radius 2 is 2.10 bits per heavy atom. The Kier molecular flexibility index (Phi) is 4.73. The Bertz CT molecular complexity index is 1300. The molecule has 1 unspecified atom stereocenters. The summed E-state index contributed by atoms with van der Waals surface area (Å²) in [6.45, 7) is 1.22. The normalized spacial score (nSPS) is 16.8. The van der Waals surface area contributed by atoms with Crippen molar-refractivity contribution in [2.45, 2.75) is 36.4 Å². The predicted octanol–water partition coefficient (Wildman–Crippen LogP) is 3.30. The van der Waals surface area contributed by atoms with Gasteiger partial charge in [-0.15, -0.1) is 5.10 Å². The quantitative estimate of drug-likeness (QED) is 0.309. The summed E-state index contributed by atoms with van der Waals surface area (Å²) >= 11 is 1.42. The van der Waals surface area contributed by atoms with Gasteiger partial charge in [-0.2, -0.15) is 0 Å². The molecule has 3 heterocycles. The van der Waals surface area contributed by atoms with E-state index in [1.807, 2.05) is 36.4 Å². The molecule has 7 nitrogen and oxygen atoms in total. The predicted molar refractivity (Wildman–Crippen MR) is 111 cm³/mol. The summed E-state index contributed by atoms with van der Waals surface area (Å²) in [4.78, 5) is 24.3. The van der Waals surface area contributed by atoms with Gasteiger partial charge < -0.3 is 9.15 Å². The lowest BCUT2D eigenvalue weighted by Crippen LogP contribution is -2.24. The minimum atomic E-state index is -0.387. The molecule has 0 saturated carbocycles. The van der Waals surface area contributed by atoms with E-state index in [0.29, 0.717) is 23.0 Å². The summed E-state index contributed by atoms with van der Waals surface area (Å²) in [6.07, 6.45) is 2.00. The van der Waals surface area contributed by atoms with E-state index in [1.54, 1.807) is 4.57 Å². The first-order valence-corrected chi connectivity index (χ1v) is 10.5. The molecule has 0 radical (unpaired) electrons. The highest BCUT2D eigenvalue weighted by Crippen LogP contribution is 2.31. The van der Waals surface area contributed by atoms with Crippen molar-refractivity contribution in [1.82, 2.24) is 14.8 Å². The van der Waals surface area contributed by atoms with E-state index in [0.717, 1.165) is 41.2 Å². The van der Waals surface area contributed by atoms with Gasteiger partial charge in [0, 0.05) is 23.8 Å². The zero-order valence-electron chi connectivity index (χ0n) is 15.6. The van der Waals surface area contributed by atoms with Crippen molar-refractivity contribution in [2.75, 3.05) is 6.61 Å². The van der Waals surface area contributed by atoms with E-state index in [2.05, 4.69) is 10.2 Å². The highest BCUT2D eigenvalue weighted by molar-refractivity contribution is 7.98. The summed E-state index contributed by atoms with van der Waals surface area (Å²) in [5.74, 6) is 0.492. The number of nitrogens with one attached hydrogen (secondary N) is 1. The Morgan fingerprint density at radius 3 is 2.97 bits per heavy atom. The molecule has 2 aromatic carbocycles. The molecule has 0 spiro atoms. The van der Waals surface area contributed by atoms with Gasteiger partial charge >= 0.3 is 11.3 Å². The summed E-state index contributed by atoms with van der Waals surface area (Å²) in [5, 5.41) is 10.3. The molecule has 2 aromatic heterocycles. The van der Waals surface area contributed by atoms with Crippen molar-refractivity contribution in [3.05, 3.63) is 68.9 Å². The Morgan fingerprint density at radius 1 is 1.21 bits per heavy atom. The number of H-pyrrole nitrogens is 1. The zero-order chi connectivity index (χ0) is 19.8. The number of ether oxygens (including phenoxy) is 1. The van der Waals surface area contributed by atoms with Crippen molar-refractivity contribution < 1.29 is 9.15 Å². The first-order chi connectivity index (χ1) is 14.2. The number of hydrogen-bond acceptors (Lipinski definition) is 6. The maximum atomic E-state index is 12.2. The highest BCUT2D eigenvalue weighted by Gasteiger charge is 2.20. The van der Waals surface area contributed by atoms with Crippen molar-refractivity contribution in [2.24, 2.45) is 0 Å². The number of aromatic nitrogens is 3. The van der Waals surface area contributed by atoms with Gasteiger partial charge in [0.1, 0.15) is 5.58 Å². The van der Waals surface area contributed by atoms with E-state index >= 15 is 0 Å². The summed E-state index contributed by atoms with van der Waals surface area (Å²) < 4.78 is 12.7. The minimum Gasteiger partial charge on any atom is -0.423 e. The standard InChI is InChI=1S/C21H19N3O4S/c25-18-10-14(19-16-6-2-1-4-13(16)7-8-17(19)28-18)12-29-21-23-22-20(26)24(21)11-15-5-3-9-27-15/h1-2,4,6-8,10,15H,3,5,9,11-12H2,(H,22,26). The largest absolute Gasteiger partial charge is 0.423 e. The first kappa shape index (κ1) is 18.2. The number of hydrogen-bond donors (Lipinski definition) is 1. The average Bonchev–Trinajstić information content (AvgIpc) is 3.36. The highest BCUT2D eigenvalue weighted by atomic mass is 32.2. The number of aromatic amines is 1. The fourth-order valence-corrected chi connectivity index (χ4v) is 4.78. The molecule has 4 aromatic rings. The Labute approximate surface area is 169 Å². The number of nitrogens with zero attached hydrogens (tertiary/aromatic N) is 2. The third-order valence-corrected chi connectivity index (χ3v) is 6.23. The van der Waals surface area contributed by atoms with Crippen LogP contribution in [0.4, 0.5) is 0 Å². The number of benzene rings is 2. The minimum absolute atomic E-state index is 0.0400. The molecule has 1 aliphatic rings. The smallest absolute Gasteiger partial charge is 0.344 e. The molecule has 0 bridgehead atoms. The third-order valence-electron chi connectivity index (χ3n) is 5.20. The van der Waals surface area contributed by atoms with Crippen LogP contribution in [0.1, 0.15) is 18.4 Å². The van der Waals surface area contributed by atoms with Crippen LogP contribution in [0.3, 0.4) is 0 Å². The van der Waals surface area contributed by atoms with Crippen LogP contribution in [0.15, 0.2) is 61.6 Å². The second-order valence-corrected chi connectivity index (χ2v) is 8.04. The Balaban J connectivity index is 1.51. The molecule has 29 heavy (non-hydrogen) atoms. The lowest BCUT2D eigenvalue weighted by molar-refractivity contribution is 0.0941. The molecule has 0 amide bonds. The van der Waals surface area contributed by atoms with Gasteiger partial charge in [0.15, 0.2) is 5.16 Å². The molecule has 0 aliphatic carbocycles. The van der Waals surface area contributed by atoms with Crippen LogP contribution in [0.25, 0.3) is 21.7 Å². The molecular weight excluding hydrogens is 390 g/mol. The second kappa shape index (κ2) is 7.53. The van der Waals surface area contributed by atoms with E-state index < -0.39 is 0 Å². The molecule has 1 aliphatic heterocycles. The summed E-state index contributed by atoms with van der Waals surface area (Å²) in [6, 6.07) is 13.3. The van der Waals surface area contributed by atoms with Gasteiger partial charge in [-0.05, 0) is 35.2 Å². The summed E-state index contributed by atoms with van der Waals surface area (Å²) in [7, 11) is 0. The summed E-state index contributed by atoms with van der Waals surface area (Å²) in [5.41, 5.74) is 0.788. The maximum Gasteiger partial charge on any atom is 0.344 e. The van der Waals surface area contributed by atoms with E-state index in [9.17, 15) is 9.59 Å². The Hall–Kier alpha value is -2.84. The van der Waals surface area contributed by atoms with Crippen molar-refractivity contribution in [3.63, 3.8) is 0 Å². The first-order valence-electron chi connectivity index (χ1n) is 9.53. The average molecular weight is 409 g/mol. The second-order valence-electron chi connectivity index (χ2n) is 7.10. The molecule has 1 atom stereocenters. The van der Waals surface area contributed by atoms with E-state index in [4.69, 9.17) is 9.15 Å². The molecule has 1 fully saturated rings. The van der Waals surface area contributed by atoms with Crippen molar-refractivity contribution in [1.29, 1.82) is 0 Å². The molecule has 148 valence electrons. The van der Waals surface area contributed by atoms with Gasteiger partial charge in [0.25, 0.3) is 0 Å². The molecule has 1 saturated heterocycles. The molecule has 5 rings (SSSR count). The van der Waals surface area contributed by atoms with Gasteiger partial charge in [-0.3, -0.25) is 4.57 Å². The van der Waals surface area contributed by atoms with Crippen LogP contribution >= 0.6 is 11.8 Å². The topological polar surface area (TPSA) is 90.1 Å². The van der Waals surface area contributed by atoms with Gasteiger partial charge in [0.2, 0.25) is 0 Å². The third kappa shape index (κ3) is 3.49. The monoisotopic (exact) mass is 409 g/mol. The maximum absolute atomic E-state index is 12.2. The lowest BCUT2D eigenvalue weighted by atomic mass is 10.0. The molecule has 1 N–H and O–H groups in total. The lowest BCUT2D eigenvalue weighted by Gasteiger charge is -2.11. The fraction of sp³-hybridized carbons (Fsp3) is 0.286. The SMILES string of the molecule is O=c1cc(CSc2n[nH]c(=O)n2CC2CCCO2)c2c(ccc3ccccc32)o1. The number of thioether (sulfide) groups is 1. The van der Waals surface area contributed by atoms with E-state index in [-0.39, 0.29) is 17.4 Å². The van der Waals surface area contributed by atoms with Crippen LogP contribution in [-0.4, -0.2) is 27.5 Å². The van der Waals surface area contributed by atoms with Gasteiger partial charge in [-0.1, -0.05) is 42.1 Å². The van der Waals surface area contributed by atoms with Crippen LogP contribution < -0.4 is 11.3 Å². The number of rotatable bonds is 5. The zero-order valence-corrected chi connectivity index (χ0v) is 16.4. The number of fused-ring (bicyclic) bond motifs is 3. The van der Waals surface area contributed by atoms with E-state index in [1.165, 1.54) is 17.8 Å². The van der Waals surface area contributed by atoms with Crippen LogP contribution in [0, 0.1) is 0 Å². The van der Waals surface area contributed by atoms with Gasteiger partial charge in [-0.25, -0.2) is 14.7 Å². The molecular formula is C21H19N3O4S. The van der Waals surface area contributed by atoms with Crippen molar-refractivity contribution >= 4 is 33.5 Å².